The lowest BCUT2D eigenvalue weighted by atomic mass is 10.0. The number of anilines is 1. The Morgan fingerprint density at radius 3 is 2.52 bits per heavy atom. The van der Waals surface area contributed by atoms with Gasteiger partial charge in [-0.25, -0.2) is 17.9 Å². The number of aliphatic hydroxyl groups is 1. The second-order valence-electron chi connectivity index (χ2n) is 4.92. The maximum Gasteiger partial charge on any atom is 0.337 e. The third-order valence-electron chi connectivity index (χ3n) is 3.23. The van der Waals surface area contributed by atoms with Crippen molar-refractivity contribution in [2.75, 3.05) is 19.5 Å². The maximum atomic E-state index is 12.3. The average molecular weight is 316 g/mol. The first-order chi connectivity index (χ1) is 9.69. The molecular formula is C13H20N2O5S. The highest BCUT2D eigenvalue weighted by molar-refractivity contribution is 7.89. The Morgan fingerprint density at radius 2 is 2.10 bits per heavy atom. The molecule has 8 heteroatoms. The van der Waals surface area contributed by atoms with Gasteiger partial charge < -0.3 is 15.6 Å². The van der Waals surface area contributed by atoms with Crippen molar-refractivity contribution in [2.24, 2.45) is 0 Å². The van der Waals surface area contributed by atoms with Crippen molar-refractivity contribution in [3.05, 3.63) is 23.8 Å². The third kappa shape index (κ3) is 3.93. The van der Waals surface area contributed by atoms with Gasteiger partial charge >= 0.3 is 5.97 Å². The molecule has 7 nitrogen and oxygen atoms in total. The molecule has 0 aliphatic rings. The lowest BCUT2D eigenvalue weighted by Crippen LogP contribution is -2.48. The van der Waals surface area contributed by atoms with Gasteiger partial charge in [0.05, 0.1) is 30.5 Å². The number of ether oxygens (including phenoxy) is 1. The summed E-state index contributed by atoms with van der Waals surface area (Å²) in [6.45, 7) is 2.99. The minimum Gasteiger partial charge on any atom is -0.465 e. The number of nitrogens with two attached hydrogens (primary N) is 1. The smallest absolute Gasteiger partial charge is 0.337 e. The average Bonchev–Trinajstić information content (AvgIpc) is 2.45. The van der Waals surface area contributed by atoms with Crippen LogP contribution in [0.1, 0.15) is 30.6 Å². The molecule has 1 unspecified atom stereocenters. The van der Waals surface area contributed by atoms with E-state index in [1.54, 1.807) is 13.8 Å². The van der Waals surface area contributed by atoms with E-state index in [0.717, 1.165) is 0 Å². The highest BCUT2D eigenvalue weighted by Crippen LogP contribution is 2.22. The van der Waals surface area contributed by atoms with Gasteiger partial charge in [0, 0.05) is 0 Å². The van der Waals surface area contributed by atoms with E-state index in [4.69, 9.17) is 5.73 Å². The summed E-state index contributed by atoms with van der Waals surface area (Å²) in [5.41, 5.74) is 4.83. The van der Waals surface area contributed by atoms with Gasteiger partial charge in [-0.15, -0.1) is 0 Å². The van der Waals surface area contributed by atoms with E-state index >= 15 is 0 Å². The molecule has 0 aliphatic heterocycles. The number of rotatable bonds is 6. The Labute approximate surface area is 124 Å². The Bertz CT molecular complexity index is 623. The largest absolute Gasteiger partial charge is 0.465 e. The van der Waals surface area contributed by atoms with Crippen LogP contribution in [-0.2, 0) is 14.8 Å². The first kappa shape index (κ1) is 17.4. The number of nitrogen functional groups attached to an aromatic ring is 1. The van der Waals surface area contributed by atoms with Crippen LogP contribution in [-0.4, -0.2) is 38.7 Å². The number of sulfonamides is 1. The molecule has 0 aliphatic carbocycles. The molecule has 118 valence electrons. The highest BCUT2D eigenvalue weighted by Gasteiger charge is 2.29. The fraction of sp³-hybridized carbons (Fsp3) is 0.462. The van der Waals surface area contributed by atoms with Crippen LogP contribution in [0.15, 0.2) is 23.1 Å². The molecule has 0 saturated carbocycles. The van der Waals surface area contributed by atoms with Crippen molar-refractivity contribution < 1.29 is 23.1 Å². The molecule has 0 fully saturated rings. The summed E-state index contributed by atoms with van der Waals surface area (Å²) in [5, 5.41) is 9.29. The number of esters is 1. The van der Waals surface area contributed by atoms with Crippen LogP contribution in [0.5, 0.6) is 0 Å². The molecule has 0 heterocycles. The van der Waals surface area contributed by atoms with Gasteiger partial charge in [-0.2, -0.15) is 0 Å². The van der Waals surface area contributed by atoms with Gasteiger partial charge in [0.15, 0.2) is 0 Å². The molecule has 0 saturated heterocycles. The number of hydrogen-bond donors (Lipinski definition) is 3. The van der Waals surface area contributed by atoms with Crippen LogP contribution < -0.4 is 10.5 Å². The Hall–Kier alpha value is -1.64. The maximum absolute atomic E-state index is 12.3. The predicted octanol–water partition coefficient (Wildman–Crippen LogP) is 0.495. The van der Waals surface area contributed by atoms with Crippen LogP contribution >= 0.6 is 0 Å². The lowest BCUT2D eigenvalue weighted by molar-refractivity contribution is 0.0600. The zero-order chi connectivity index (χ0) is 16.3. The van der Waals surface area contributed by atoms with Crippen molar-refractivity contribution >= 4 is 21.7 Å². The first-order valence-corrected chi connectivity index (χ1v) is 7.80. The summed E-state index contributed by atoms with van der Waals surface area (Å²) in [5.74, 6) is -0.604. The molecule has 0 amide bonds. The van der Waals surface area contributed by atoms with E-state index in [0.29, 0.717) is 6.42 Å². The topological polar surface area (TPSA) is 119 Å². The van der Waals surface area contributed by atoms with Crippen LogP contribution in [0.3, 0.4) is 0 Å². The van der Waals surface area contributed by atoms with Gasteiger partial charge in [0.1, 0.15) is 4.90 Å². The van der Waals surface area contributed by atoms with Gasteiger partial charge in [-0.05, 0) is 31.5 Å². The second-order valence-corrected chi connectivity index (χ2v) is 6.57. The van der Waals surface area contributed by atoms with Gasteiger partial charge in [0.2, 0.25) is 10.0 Å². The second kappa shape index (κ2) is 6.42. The fourth-order valence-electron chi connectivity index (χ4n) is 1.63. The van der Waals surface area contributed by atoms with E-state index in [9.17, 15) is 18.3 Å². The van der Waals surface area contributed by atoms with Gasteiger partial charge in [0.25, 0.3) is 0 Å². The van der Waals surface area contributed by atoms with Gasteiger partial charge in [-0.1, -0.05) is 6.92 Å². The summed E-state index contributed by atoms with van der Waals surface area (Å²) in [6, 6.07) is 3.79. The van der Waals surface area contributed by atoms with E-state index in [2.05, 4.69) is 9.46 Å². The lowest BCUT2D eigenvalue weighted by Gasteiger charge is -2.27. The summed E-state index contributed by atoms with van der Waals surface area (Å²) < 4.78 is 31.6. The fourth-order valence-corrected chi connectivity index (χ4v) is 3.22. The molecule has 1 atom stereocenters. The van der Waals surface area contributed by atoms with Crippen LogP contribution in [0.25, 0.3) is 0 Å². The summed E-state index contributed by atoms with van der Waals surface area (Å²) in [6.07, 6.45) is 0.406. The molecule has 0 radical (unpaired) electrons. The van der Waals surface area contributed by atoms with Gasteiger partial charge in [-0.3, -0.25) is 0 Å². The predicted molar refractivity (Wildman–Crippen MR) is 78.3 cm³/mol. The molecule has 0 spiro atoms. The van der Waals surface area contributed by atoms with Crippen LogP contribution in [0.2, 0.25) is 0 Å². The number of carbonyl (C=O) groups excluding carboxylic acids is 1. The minimum atomic E-state index is -3.91. The normalized spacial score (nSPS) is 14.5. The van der Waals surface area contributed by atoms with E-state index in [1.807, 2.05) is 0 Å². The molecular weight excluding hydrogens is 296 g/mol. The van der Waals surface area contributed by atoms with Crippen molar-refractivity contribution in [1.82, 2.24) is 4.72 Å². The SMILES string of the molecule is CCC(C)(CO)NS(=O)(=O)c1ccc(C(=O)OC)cc1N. The molecule has 0 aromatic heterocycles. The van der Waals surface area contributed by atoms with E-state index in [-0.39, 0.29) is 22.8 Å². The number of carbonyl (C=O) groups is 1. The summed E-state index contributed by atoms with van der Waals surface area (Å²) in [4.78, 5) is 11.2. The Kier molecular flexibility index (Phi) is 5.32. The molecule has 4 N–H and O–H groups in total. The quantitative estimate of drug-likeness (QED) is 0.519. The zero-order valence-corrected chi connectivity index (χ0v) is 13.0. The Morgan fingerprint density at radius 1 is 1.48 bits per heavy atom. The number of nitrogens with one attached hydrogen (secondary N) is 1. The highest BCUT2D eigenvalue weighted by atomic mass is 32.2. The number of aliphatic hydroxyl groups excluding tert-OH is 1. The third-order valence-corrected chi connectivity index (χ3v) is 4.94. The molecule has 1 rings (SSSR count). The molecule has 0 bridgehead atoms. The Balaban J connectivity index is 3.18. The molecule has 1 aromatic rings. The van der Waals surface area contributed by atoms with Crippen LogP contribution in [0.4, 0.5) is 5.69 Å². The molecule has 21 heavy (non-hydrogen) atoms. The minimum absolute atomic E-state index is 0.0678. The summed E-state index contributed by atoms with van der Waals surface area (Å²) in [7, 11) is -2.69. The number of benzene rings is 1. The standard InChI is InChI=1S/C13H20N2O5S/c1-4-13(2,8-16)15-21(18,19)11-6-5-9(7-10(11)14)12(17)20-3/h5-7,15-16H,4,8,14H2,1-3H3. The molecule has 1 aromatic carbocycles. The zero-order valence-electron chi connectivity index (χ0n) is 12.2. The van der Waals surface area contributed by atoms with Crippen molar-refractivity contribution in [1.29, 1.82) is 0 Å². The van der Waals surface area contributed by atoms with E-state index in [1.165, 1.54) is 25.3 Å². The van der Waals surface area contributed by atoms with E-state index < -0.39 is 21.5 Å². The number of methoxy groups -OCH3 is 1. The first-order valence-electron chi connectivity index (χ1n) is 6.32. The number of hydrogen-bond acceptors (Lipinski definition) is 6. The van der Waals surface area contributed by atoms with Crippen LogP contribution in [0, 0.1) is 0 Å². The van der Waals surface area contributed by atoms with Crippen molar-refractivity contribution in [2.45, 2.75) is 30.7 Å². The van der Waals surface area contributed by atoms with Crippen molar-refractivity contribution in [3.8, 4) is 0 Å². The monoisotopic (exact) mass is 316 g/mol. The summed E-state index contributed by atoms with van der Waals surface area (Å²) >= 11 is 0. The van der Waals surface area contributed by atoms with Crippen molar-refractivity contribution in [3.63, 3.8) is 0 Å².